The summed E-state index contributed by atoms with van der Waals surface area (Å²) in [5.41, 5.74) is 2.88. The van der Waals surface area contributed by atoms with Crippen molar-refractivity contribution < 1.29 is 17.9 Å². The number of nitrogens with zero attached hydrogens (tertiary/aromatic N) is 2. The van der Waals surface area contributed by atoms with Gasteiger partial charge < -0.3 is 15.0 Å². The average molecular weight is 474 g/mol. The Morgan fingerprint density at radius 2 is 1.76 bits per heavy atom. The van der Waals surface area contributed by atoms with Gasteiger partial charge in [-0.2, -0.15) is 4.31 Å². The topological polar surface area (TPSA) is 79.0 Å². The van der Waals surface area contributed by atoms with Crippen molar-refractivity contribution in [3.8, 4) is 5.75 Å². The molecule has 0 aliphatic carbocycles. The van der Waals surface area contributed by atoms with Crippen LogP contribution in [0.4, 0.5) is 0 Å². The maximum Gasteiger partial charge on any atom is 0.243 e. The first-order valence-corrected chi connectivity index (χ1v) is 12.7. The molecule has 0 bridgehead atoms. The molecule has 0 aromatic heterocycles. The molecule has 0 spiro atoms. The van der Waals surface area contributed by atoms with Crippen molar-refractivity contribution >= 4 is 15.9 Å². The van der Waals surface area contributed by atoms with E-state index in [1.54, 1.807) is 13.2 Å². The highest BCUT2D eigenvalue weighted by molar-refractivity contribution is 7.89. The Labute approximate surface area is 197 Å². The number of rotatable bonds is 8. The first-order valence-electron chi connectivity index (χ1n) is 11.3. The second kappa shape index (κ2) is 10.7. The largest absolute Gasteiger partial charge is 0.497 e. The van der Waals surface area contributed by atoms with Crippen LogP contribution in [0.3, 0.4) is 0 Å². The van der Waals surface area contributed by atoms with Crippen LogP contribution in [0.2, 0.25) is 0 Å². The minimum absolute atomic E-state index is 0.0149. The molecular weight excluding hydrogens is 438 g/mol. The van der Waals surface area contributed by atoms with Crippen molar-refractivity contribution in [3.63, 3.8) is 0 Å². The van der Waals surface area contributed by atoms with Gasteiger partial charge in [-0.15, -0.1) is 0 Å². The predicted molar refractivity (Wildman–Crippen MR) is 130 cm³/mol. The predicted octanol–water partition coefficient (Wildman–Crippen LogP) is 3.13. The van der Waals surface area contributed by atoms with E-state index in [-0.39, 0.29) is 17.9 Å². The quantitative estimate of drug-likeness (QED) is 0.637. The second-order valence-corrected chi connectivity index (χ2v) is 10.9. The molecule has 1 saturated heterocycles. The molecule has 1 atom stereocenters. The zero-order valence-electron chi connectivity index (χ0n) is 20.2. The molecule has 1 N–H and O–H groups in total. The van der Waals surface area contributed by atoms with E-state index in [2.05, 4.69) is 10.2 Å². The van der Waals surface area contributed by atoms with Gasteiger partial charge in [-0.1, -0.05) is 29.8 Å². The average Bonchev–Trinajstić information content (AvgIpc) is 2.79. The Balaban J connectivity index is 1.58. The van der Waals surface area contributed by atoms with E-state index in [1.165, 1.54) is 4.31 Å². The number of amides is 1. The molecule has 2 aromatic carbocycles. The van der Waals surface area contributed by atoms with Crippen molar-refractivity contribution in [2.45, 2.75) is 37.6 Å². The van der Waals surface area contributed by atoms with Crippen LogP contribution in [-0.4, -0.2) is 64.4 Å². The van der Waals surface area contributed by atoms with Gasteiger partial charge in [0.1, 0.15) is 5.75 Å². The lowest BCUT2D eigenvalue weighted by Gasteiger charge is -2.32. The number of sulfonamides is 1. The summed E-state index contributed by atoms with van der Waals surface area (Å²) in [5.74, 6) is 0.594. The number of benzene rings is 2. The molecule has 7 nitrogen and oxygen atoms in total. The fraction of sp³-hybridized carbons (Fsp3) is 0.480. The molecule has 180 valence electrons. The normalized spacial score (nSPS) is 16.5. The Kier molecular flexibility index (Phi) is 8.15. The molecular formula is C25H35N3O4S. The van der Waals surface area contributed by atoms with Gasteiger partial charge >= 0.3 is 0 Å². The van der Waals surface area contributed by atoms with Crippen molar-refractivity contribution in [1.82, 2.24) is 14.5 Å². The van der Waals surface area contributed by atoms with Crippen LogP contribution in [0.25, 0.3) is 0 Å². The zero-order chi connectivity index (χ0) is 24.2. The Morgan fingerprint density at radius 3 is 2.30 bits per heavy atom. The number of piperidine rings is 1. The van der Waals surface area contributed by atoms with E-state index in [0.717, 1.165) is 22.4 Å². The third kappa shape index (κ3) is 5.93. The van der Waals surface area contributed by atoms with E-state index in [4.69, 9.17) is 4.74 Å². The zero-order valence-corrected chi connectivity index (χ0v) is 21.0. The van der Waals surface area contributed by atoms with Crippen LogP contribution in [0.5, 0.6) is 5.75 Å². The Bertz CT molecular complexity index is 1060. The van der Waals surface area contributed by atoms with Gasteiger partial charge in [0.2, 0.25) is 15.9 Å². The SMILES string of the molecule is COc1ccc([C@@H](CNC(=O)C2CCN(S(=O)(=O)c3ccc(C)cc3C)CC2)N(C)C)cc1. The van der Waals surface area contributed by atoms with Gasteiger partial charge in [-0.3, -0.25) is 4.79 Å². The molecule has 0 unspecified atom stereocenters. The van der Waals surface area contributed by atoms with Crippen LogP contribution < -0.4 is 10.1 Å². The van der Waals surface area contributed by atoms with Gasteiger partial charge in [0.25, 0.3) is 0 Å². The lowest BCUT2D eigenvalue weighted by Crippen LogP contribution is -2.44. The number of methoxy groups -OCH3 is 1. The third-order valence-electron chi connectivity index (χ3n) is 6.37. The Hall–Kier alpha value is -2.42. The molecule has 8 heteroatoms. The monoisotopic (exact) mass is 473 g/mol. The van der Waals surface area contributed by atoms with E-state index in [9.17, 15) is 13.2 Å². The van der Waals surface area contributed by atoms with Crippen LogP contribution in [0, 0.1) is 19.8 Å². The van der Waals surface area contributed by atoms with Crippen molar-refractivity contribution in [2.24, 2.45) is 5.92 Å². The smallest absolute Gasteiger partial charge is 0.243 e. The van der Waals surface area contributed by atoms with Gasteiger partial charge in [0.05, 0.1) is 18.0 Å². The molecule has 0 saturated carbocycles. The molecule has 1 aliphatic heterocycles. The molecule has 0 radical (unpaired) electrons. The highest BCUT2D eigenvalue weighted by Gasteiger charge is 2.33. The van der Waals surface area contributed by atoms with Crippen LogP contribution in [0.15, 0.2) is 47.4 Å². The fourth-order valence-electron chi connectivity index (χ4n) is 4.35. The minimum Gasteiger partial charge on any atom is -0.497 e. The number of nitrogens with one attached hydrogen (secondary N) is 1. The summed E-state index contributed by atoms with van der Waals surface area (Å²) in [6.07, 6.45) is 1.04. The molecule has 1 heterocycles. The third-order valence-corrected chi connectivity index (χ3v) is 8.43. The maximum absolute atomic E-state index is 13.1. The summed E-state index contributed by atoms with van der Waals surface area (Å²) in [6.45, 7) is 4.96. The molecule has 1 aliphatic rings. The standard InChI is InChI=1S/C25H35N3O4S/c1-18-6-11-24(19(2)16-18)33(30,31)28-14-12-21(13-15-28)25(29)26-17-23(27(3)4)20-7-9-22(32-5)10-8-20/h6-11,16,21,23H,12-15,17H2,1-5H3,(H,26,29)/t23-/m1/s1. The summed E-state index contributed by atoms with van der Waals surface area (Å²) in [6, 6.07) is 13.3. The van der Waals surface area contributed by atoms with Gasteiger partial charge in [0, 0.05) is 25.6 Å². The number of likely N-dealkylation sites (N-methyl/N-ethyl adjacent to an activating group) is 1. The summed E-state index contributed by atoms with van der Waals surface area (Å²) in [7, 11) is 2.05. The maximum atomic E-state index is 13.1. The Morgan fingerprint density at radius 1 is 1.12 bits per heavy atom. The van der Waals surface area contributed by atoms with Gasteiger partial charge in [-0.05, 0) is 70.1 Å². The number of carbonyl (C=O) groups is 1. The van der Waals surface area contributed by atoms with Crippen molar-refractivity contribution in [1.29, 1.82) is 0 Å². The number of aryl methyl sites for hydroxylation is 2. The van der Waals surface area contributed by atoms with E-state index in [0.29, 0.717) is 37.4 Å². The minimum atomic E-state index is -3.55. The molecule has 3 rings (SSSR count). The second-order valence-electron chi connectivity index (χ2n) is 8.95. The summed E-state index contributed by atoms with van der Waals surface area (Å²) >= 11 is 0. The summed E-state index contributed by atoms with van der Waals surface area (Å²) < 4.78 is 32.9. The first kappa shape index (κ1) is 25.2. The van der Waals surface area contributed by atoms with Crippen LogP contribution in [-0.2, 0) is 14.8 Å². The van der Waals surface area contributed by atoms with Gasteiger partial charge in [-0.25, -0.2) is 8.42 Å². The molecule has 1 amide bonds. The number of carbonyl (C=O) groups excluding carboxylic acids is 1. The highest BCUT2D eigenvalue weighted by atomic mass is 32.2. The van der Waals surface area contributed by atoms with E-state index < -0.39 is 10.0 Å². The summed E-state index contributed by atoms with van der Waals surface area (Å²) in [5, 5.41) is 3.08. The van der Waals surface area contributed by atoms with Crippen LogP contribution >= 0.6 is 0 Å². The van der Waals surface area contributed by atoms with E-state index >= 15 is 0 Å². The number of ether oxygens (including phenoxy) is 1. The lowest BCUT2D eigenvalue weighted by molar-refractivity contribution is -0.126. The van der Waals surface area contributed by atoms with Crippen molar-refractivity contribution in [3.05, 3.63) is 59.2 Å². The molecule has 2 aromatic rings. The van der Waals surface area contributed by atoms with Crippen molar-refractivity contribution in [2.75, 3.05) is 40.8 Å². The molecule has 1 fully saturated rings. The first-order chi connectivity index (χ1) is 15.6. The van der Waals surface area contributed by atoms with E-state index in [1.807, 2.05) is 64.3 Å². The summed E-state index contributed by atoms with van der Waals surface area (Å²) in [4.78, 5) is 15.3. The van der Waals surface area contributed by atoms with Gasteiger partial charge in [0.15, 0.2) is 0 Å². The number of hydrogen-bond donors (Lipinski definition) is 1. The fourth-order valence-corrected chi connectivity index (χ4v) is 6.03. The van der Waals surface area contributed by atoms with Crippen LogP contribution in [0.1, 0.15) is 35.6 Å². The lowest BCUT2D eigenvalue weighted by atomic mass is 9.97. The number of hydrogen-bond acceptors (Lipinski definition) is 5. The molecule has 33 heavy (non-hydrogen) atoms. The highest BCUT2D eigenvalue weighted by Crippen LogP contribution is 2.27.